The third-order valence-corrected chi connectivity index (χ3v) is 3.05. The number of hydrogen-bond acceptors (Lipinski definition) is 5. The molecule has 0 amide bonds. The predicted octanol–water partition coefficient (Wildman–Crippen LogP) is 2.19. The van der Waals surface area contributed by atoms with E-state index in [0.29, 0.717) is 11.3 Å². The van der Waals surface area contributed by atoms with Crippen LogP contribution in [0.2, 0.25) is 0 Å². The van der Waals surface area contributed by atoms with Gasteiger partial charge in [-0.2, -0.15) is 0 Å². The number of ketones is 2. The number of aliphatic hydroxyl groups excluding tert-OH is 1. The average Bonchev–Trinajstić information content (AvgIpc) is 2.50. The molecule has 0 atom stereocenters. The lowest BCUT2D eigenvalue weighted by atomic mass is 9.91. The molecule has 2 N–H and O–H groups in total. The number of carbonyl (C=O) groups is 2. The number of aliphatic hydroxyl groups is 1. The van der Waals surface area contributed by atoms with Crippen LogP contribution in [0.1, 0.15) is 15.9 Å². The van der Waals surface area contributed by atoms with Crippen molar-refractivity contribution in [2.45, 2.75) is 0 Å². The Morgan fingerprint density at radius 2 is 1.55 bits per heavy atom. The second-order valence-electron chi connectivity index (χ2n) is 4.29. The van der Waals surface area contributed by atoms with E-state index < -0.39 is 11.6 Å². The molecular weight excluding hydrogens is 256 g/mol. The summed E-state index contributed by atoms with van der Waals surface area (Å²) in [7, 11) is 0. The Morgan fingerprint density at radius 3 is 2.25 bits per heavy atom. The highest BCUT2D eigenvalue weighted by atomic mass is 16.3. The molecule has 0 spiro atoms. The van der Waals surface area contributed by atoms with Gasteiger partial charge in [-0.15, -0.1) is 0 Å². The molecule has 0 unspecified atom stereocenters. The number of Topliss-reactive ketones (excluding diaryl/α,β-unsaturated/α-hetero) is 2. The lowest BCUT2D eigenvalue weighted by molar-refractivity contribution is -0.111. The molecule has 1 aliphatic rings. The smallest absolute Gasteiger partial charge is 0.253 e. The van der Waals surface area contributed by atoms with Gasteiger partial charge in [-0.05, 0) is 12.1 Å². The van der Waals surface area contributed by atoms with E-state index in [1.165, 1.54) is 6.07 Å². The van der Waals surface area contributed by atoms with E-state index in [-0.39, 0.29) is 17.0 Å². The lowest BCUT2D eigenvalue weighted by Gasteiger charge is -2.18. The van der Waals surface area contributed by atoms with Gasteiger partial charge in [0.05, 0.1) is 0 Å². The van der Waals surface area contributed by atoms with Gasteiger partial charge in [-0.3, -0.25) is 14.6 Å². The maximum atomic E-state index is 12.1. The minimum atomic E-state index is -0.752. The second kappa shape index (κ2) is 4.62. The van der Waals surface area contributed by atoms with Crippen molar-refractivity contribution in [3.05, 3.63) is 65.6 Å². The van der Waals surface area contributed by atoms with E-state index in [4.69, 9.17) is 0 Å². The fourth-order valence-electron chi connectivity index (χ4n) is 2.06. The zero-order valence-electron chi connectivity index (χ0n) is 10.3. The first kappa shape index (κ1) is 12.1. The minimum absolute atomic E-state index is 0.111. The molecule has 1 aromatic carbocycles. The first-order chi connectivity index (χ1) is 9.68. The molecule has 0 bridgehead atoms. The van der Waals surface area contributed by atoms with Crippen molar-refractivity contribution in [1.29, 1.82) is 0 Å². The predicted molar refractivity (Wildman–Crippen MR) is 73.2 cm³/mol. The van der Waals surface area contributed by atoms with E-state index in [1.807, 2.05) is 0 Å². The van der Waals surface area contributed by atoms with Crippen molar-refractivity contribution in [1.82, 2.24) is 4.98 Å². The van der Waals surface area contributed by atoms with Gasteiger partial charge in [0.1, 0.15) is 5.70 Å². The Balaban J connectivity index is 2.10. The van der Waals surface area contributed by atoms with Crippen LogP contribution in [-0.2, 0) is 4.79 Å². The van der Waals surface area contributed by atoms with Crippen molar-refractivity contribution < 1.29 is 14.7 Å². The molecule has 20 heavy (non-hydrogen) atoms. The number of nitrogens with one attached hydrogen (secondary N) is 1. The summed E-state index contributed by atoms with van der Waals surface area (Å²) in [4.78, 5) is 27.9. The summed E-state index contributed by atoms with van der Waals surface area (Å²) in [6, 6.07) is 9.75. The molecule has 1 aliphatic carbocycles. The molecule has 1 heterocycles. The lowest BCUT2D eigenvalue weighted by Crippen LogP contribution is -2.27. The van der Waals surface area contributed by atoms with Crippen LogP contribution >= 0.6 is 0 Å². The Hall–Kier alpha value is -2.95. The van der Waals surface area contributed by atoms with Crippen LogP contribution < -0.4 is 5.32 Å². The molecule has 0 saturated carbocycles. The van der Waals surface area contributed by atoms with Crippen molar-refractivity contribution in [2.24, 2.45) is 0 Å². The third kappa shape index (κ3) is 1.85. The van der Waals surface area contributed by atoms with Crippen LogP contribution in [0.25, 0.3) is 5.76 Å². The van der Waals surface area contributed by atoms with Gasteiger partial charge >= 0.3 is 0 Å². The molecule has 0 radical (unpaired) electrons. The zero-order chi connectivity index (χ0) is 14.1. The molecule has 1 aromatic heterocycles. The Morgan fingerprint density at radius 1 is 0.900 bits per heavy atom. The van der Waals surface area contributed by atoms with E-state index in [0.717, 1.165) is 0 Å². The molecule has 5 nitrogen and oxygen atoms in total. The van der Waals surface area contributed by atoms with E-state index in [9.17, 15) is 14.7 Å². The van der Waals surface area contributed by atoms with E-state index in [1.54, 1.807) is 42.7 Å². The van der Waals surface area contributed by atoms with Crippen LogP contribution in [0.15, 0.2) is 54.5 Å². The molecular formula is C15H10N2O3. The van der Waals surface area contributed by atoms with Crippen LogP contribution in [0, 0.1) is 0 Å². The number of pyridine rings is 1. The molecule has 0 aliphatic heterocycles. The van der Waals surface area contributed by atoms with Gasteiger partial charge in [0.25, 0.3) is 5.78 Å². The minimum Gasteiger partial charge on any atom is -0.505 e. The van der Waals surface area contributed by atoms with Gasteiger partial charge < -0.3 is 10.4 Å². The molecule has 3 rings (SSSR count). The number of nitrogens with zero attached hydrogens (tertiary/aromatic N) is 1. The summed E-state index contributed by atoms with van der Waals surface area (Å²) in [6.45, 7) is 0. The highest BCUT2D eigenvalue weighted by Gasteiger charge is 2.32. The van der Waals surface area contributed by atoms with Crippen LogP contribution in [-0.4, -0.2) is 21.7 Å². The van der Waals surface area contributed by atoms with Crippen LogP contribution in [0.5, 0.6) is 0 Å². The highest BCUT2D eigenvalue weighted by molar-refractivity contribution is 6.52. The van der Waals surface area contributed by atoms with E-state index in [2.05, 4.69) is 10.3 Å². The van der Waals surface area contributed by atoms with Gasteiger partial charge in [0, 0.05) is 29.2 Å². The molecule has 5 heteroatoms. The summed E-state index contributed by atoms with van der Waals surface area (Å²) in [5.41, 5.74) is 1.03. The number of rotatable bonds is 2. The Kier molecular flexibility index (Phi) is 2.80. The van der Waals surface area contributed by atoms with Crippen molar-refractivity contribution in [3.8, 4) is 0 Å². The average molecular weight is 266 g/mol. The summed E-state index contributed by atoms with van der Waals surface area (Å²) in [6.07, 6.45) is 3.09. The molecule has 2 aromatic rings. The second-order valence-corrected chi connectivity index (χ2v) is 4.29. The quantitative estimate of drug-likeness (QED) is 0.814. The Bertz CT molecular complexity index is 736. The van der Waals surface area contributed by atoms with Crippen molar-refractivity contribution in [2.75, 3.05) is 5.32 Å². The number of aromatic nitrogens is 1. The maximum absolute atomic E-state index is 12.1. The summed E-state index contributed by atoms with van der Waals surface area (Å²) < 4.78 is 0. The molecule has 98 valence electrons. The number of fused-ring (bicyclic) bond motifs is 1. The number of benzene rings is 1. The third-order valence-electron chi connectivity index (χ3n) is 3.05. The first-order valence-electron chi connectivity index (χ1n) is 5.97. The summed E-state index contributed by atoms with van der Waals surface area (Å²) >= 11 is 0. The topological polar surface area (TPSA) is 79.3 Å². The zero-order valence-corrected chi connectivity index (χ0v) is 10.3. The number of anilines is 1. The SMILES string of the molecule is O=C1C(=O)c2ccccc2C(O)=C1Nc1ccncc1. The first-order valence-corrected chi connectivity index (χ1v) is 5.97. The van der Waals surface area contributed by atoms with Crippen molar-refractivity contribution in [3.63, 3.8) is 0 Å². The van der Waals surface area contributed by atoms with Gasteiger partial charge in [0.2, 0.25) is 5.78 Å². The van der Waals surface area contributed by atoms with Gasteiger partial charge in [0.15, 0.2) is 5.76 Å². The fraction of sp³-hybridized carbons (Fsp3) is 0. The van der Waals surface area contributed by atoms with Crippen LogP contribution in [0.4, 0.5) is 5.69 Å². The number of allylic oxidation sites excluding steroid dienone is 1. The normalized spacial score (nSPS) is 14.2. The monoisotopic (exact) mass is 266 g/mol. The van der Waals surface area contributed by atoms with E-state index >= 15 is 0 Å². The Labute approximate surface area is 114 Å². The van der Waals surface area contributed by atoms with Gasteiger partial charge in [-0.25, -0.2) is 0 Å². The number of carbonyl (C=O) groups excluding carboxylic acids is 2. The summed E-state index contributed by atoms with van der Waals surface area (Å²) in [5, 5.41) is 13.0. The number of hydrogen-bond donors (Lipinski definition) is 2. The van der Waals surface area contributed by atoms with Crippen LogP contribution in [0.3, 0.4) is 0 Å². The highest BCUT2D eigenvalue weighted by Crippen LogP contribution is 2.28. The maximum Gasteiger partial charge on any atom is 0.253 e. The standard InChI is InChI=1S/C15H10N2O3/c18-13-10-3-1-2-4-11(10)14(19)15(20)12(13)17-9-5-7-16-8-6-9/h1-8,18H,(H,16,17). The molecule has 0 saturated heterocycles. The summed E-state index contributed by atoms with van der Waals surface area (Å²) in [5.74, 6) is -1.60. The fourth-order valence-corrected chi connectivity index (χ4v) is 2.06. The largest absolute Gasteiger partial charge is 0.505 e. The van der Waals surface area contributed by atoms with Gasteiger partial charge in [-0.1, -0.05) is 24.3 Å². The van der Waals surface area contributed by atoms with Crippen molar-refractivity contribution >= 4 is 23.0 Å². The molecule has 0 fully saturated rings.